The van der Waals surface area contributed by atoms with E-state index in [1.165, 1.54) is 36.7 Å². The summed E-state index contributed by atoms with van der Waals surface area (Å²) in [6, 6.07) is 8.35. The first-order valence-electron chi connectivity index (χ1n) is 5.28. The summed E-state index contributed by atoms with van der Waals surface area (Å²) < 4.78 is 12.7. The molecule has 0 radical (unpaired) electrons. The molecule has 0 saturated carbocycles. The Kier molecular flexibility index (Phi) is 3.48. The molecule has 0 aliphatic rings. The summed E-state index contributed by atoms with van der Waals surface area (Å²) in [6.45, 7) is 0. The monoisotopic (exact) mass is 243 g/mol. The largest absolute Gasteiger partial charge is 0.507 e. The van der Waals surface area contributed by atoms with Crippen LogP contribution in [0.25, 0.3) is 5.76 Å². The second-order valence-corrected chi connectivity index (χ2v) is 3.64. The van der Waals surface area contributed by atoms with E-state index < -0.39 is 5.82 Å². The molecular weight excluding hydrogens is 233 g/mol. The summed E-state index contributed by atoms with van der Waals surface area (Å²) in [5.41, 5.74) is 0.817. The molecule has 90 valence electrons. The quantitative estimate of drug-likeness (QED) is 0.512. The van der Waals surface area contributed by atoms with Gasteiger partial charge in [0.25, 0.3) is 0 Å². The highest BCUT2D eigenvalue weighted by molar-refractivity contribution is 6.07. The van der Waals surface area contributed by atoms with Gasteiger partial charge in [-0.1, -0.05) is 0 Å². The first-order valence-corrected chi connectivity index (χ1v) is 5.28. The molecule has 2 rings (SSSR count). The van der Waals surface area contributed by atoms with E-state index in [4.69, 9.17) is 0 Å². The van der Waals surface area contributed by atoms with Gasteiger partial charge in [-0.3, -0.25) is 9.78 Å². The maximum atomic E-state index is 12.7. The van der Waals surface area contributed by atoms with Crippen LogP contribution in [0.3, 0.4) is 0 Å². The Morgan fingerprint density at radius 3 is 2.28 bits per heavy atom. The number of aromatic nitrogens is 1. The van der Waals surface area contributed by atoms with E-state index >= 15 is 0 Å². The molecule has 2 aromatic rings. The number of hydrogen-bond acceptors (Lipinski definition) is 3. The summed E-state index contributed by atoms with van der Waals surface area (Å²) in [6.07, 6.45) is 4.09. The van der Waals surface area contributed by atoms with Crippen LogP contribution >= 0.6 is 0 Å². The molecule has 0 saturated heterocycles. The molecule has 4 heteroatoms. The van der Waals surface area contributed by atoms with E-state index in [1.54, 1.807) is 12.1 Å². The molecule has 0 amide bonds. The van der Waals surface area contributed by atoms with E-state index in [1.807, 2.05) is 0 Å². The van der Waals surface area contributed by atoms with Crippen molar-refractivity contribution in [1.29, 1.82) is 0 Å². The van der Waals surface area contributed by atoms with Crippen LogP contribution < -0.4 is 0 Å². The fraction of sp³-hybridized carbons (Fsp3) is 0. The second kappa shape index (κ2) is 5.23. The molecule has 0 atom stereocenters. The Hall–Kier alpha value is -2.49. The third-order valence-corrected chi connectivity index (χ3v) is 2.37. The van der Waals surface area contributed by atoms with Gasteiger partial charge in [-0.05, 0) is 36.4 Å². The Morgan fingerprint density at radius 1 is 1.06 bits per heavy atom. The number of allylic oxidation sites excluding steroid dienone is 1. The zero-order valence-electron chi connectivity index (χ0n) is 9.38. The number of hydrogen-bond donors (Lipinski definition) is 1. The summed E-state index contributed by atoms with van der Waals surface area (Å²) in [5, 5.41) is 9.75. The minimum atomic E-state index is -0.396. The van der Waals surface area contributed by atoms with Crippen molar-refractivity contribution < 1.29 is 14.3 Å². The lowest BCUT2D eigenvalue weighted by molar-refractivity contribution is 0.104. The van der Waals surface area contributed by atoms with Gasteiger partial charge in [0.05, 0.1) is 0 Å². The first-order chi connectivity index (χ1) is 8.66. The number of aliphatic hydroxyl groups is 1. The molecule has 1 N–H and O–H groups in total. The second-order valence-electron chi connectivity index (χ2n) is 3.64. The van der Waals surface area contributed by atoms with Gasteiger partial charge in [0.2, 0.25) is 0 Å². The van der Waals surface area contributed by atoms with Crippen LogP contribution in [0.4, 0.5) is 4.39 Å². The highest BCUT2D eigenvalue weighted by Crippen LogP contribution is 2.13. The van der Waals surface area contributed by atoms with E-state index in [-0.39, 0.29) is 11.5 Å². The molecule has 0 aliphatic carbocycles. The standard InChI is InChI=1S/C14H10FNO2/c15-12-3-1-10(2-4-12)13(17)9-14(18)11-5-7-16-8-6-11/h1-9,17H/b13-9-. The smallest absolute Gasteiger partial charge is 0.189 e. The number of nitrogens with zero attached hydrogens (tertiary/aromatic N) is 1. The Morgan fingerprint density at radius 2 is 1.67 bits per heavy atom. The zero-order chi connectivity index (χ0) is 13.0. The average molecular weight is 243 g/mol. The van der Waals surface area contributed by atoms with Gasteiger partial charge in [0.1, 0.15) is 11.6 Å². The lowest BCUT2D eigenvalue weighted by Gasteiger charge is -2.00. The third kappa shape index (κ3) is 2.79. The van der Waals surface area contributed by atoms with Crippen LogP contribution in [0.1, 0.15) is 15.9 Å². The van der Waals surface area contributed by atoms with Crippen molar-refractivity contribution in [2.24, 2.45) is 0 Å². The van der Waals surface area contributed by atoms with Gasteiger partial charge >= 0.3 is 0 Å². The van der Waals surface area contributed by atoms with Gasteiger partial charge in [-0.25, -0.2) is 4.39 Å². The van der Waals surface area contributed by atoms with E-state index in [2.05, 4.69) is 4.98 Å². The lowest BCUT2D eigenvalue weighted by atomic mass is 10.1. The van der Waals surface area contributed by atoms with Crippen molar-refractivity contribution in [3.63, 3.8) is 0 Å². The van der Waals surface area contributed by atoms with Crippen LogP contribution in [0, 0.1) is 5.82 Å². The van der Waals surface area contributed by atoms with Crippen LogP contribution in [0.15, 0.2) is 54.9 Å². The van der Waals surface area contributed by atoms with Crippen molar-refractivity contribution in [3.8, 4) is 0 Å². The van der Waals surface area contributed by atoms with Crippen molar-refractivity contribution in [1.82, 2.24) is 4.98 Å². The Balaban J connectivity index is 2.23. The molecule has 0 spiro atoms. The summed E-state index contributed by atoms with van der Waals surface area (Å²) >= 11 is 0. The fourth-order valence-corrected chi connectivity index (χ4v) is 1.43. The Labute approximate surface area is 103 Å². The highest BCUT2D eigenvalue weighted by Gasteiger charge is 2.05. The SMILES string of the molecule is O=C(/C=C(\O)c1ccc(F)cc1)c1ccncc1. The highest BCUT2D eigenvalue weighted by atomic mass is 19.1. The van der Waals surface area contributed by atoms with Crippen LogP contribution in [0.5, 0.6) is 0 Å². The third-order valence-electron chi connectivity index (χ3n) is 2.37. The molecule has 0 bridgehead atoms. The number of pyridine rings is 1. The zero-order valence-corrected chi connectivity index (χ0v) is 9.38. The molecule has 3 nitrogen and oxygen atoms in total. The van der Waals surface area contributed by atoms with Crippen molar-refractivity contribution in [2.45, 2.75) is 0 Å². The summed E-state index contributed by atoms with van der Waals surface area (Å²) in [7, 11) is 0. The average Bonchev–Trinajstić information content (AvgIpc) is 2.40. The number of benzene rings is 1. The molecule has 1 heterocycles. The maximum absolute atomic E-state index is 12.7. The number of rotatable bonds is 3. The topological polar surface area (TPSA) is 50.2 Å². The first kappa shape index (κ1) is 12.0. The summed E-state index contributed by atoms with van der Waals surface area (Å²) in [4.78, 5) is 15.6. The van der Waals surface area contributed by atoms with E-state index in [0.717, 1.165) is 6.08 Å². The van der Waals surface area contributed by atoms with Crippen molar-refractivity contribution >= 4 is 11.5 Å². The molecule has 18 heavy (non-hydrogen) atoms. The van der Waals surface area contributed by atoms with Gasteiger partial charge in [-0.2, -0.15) is 0 Å². The van der Waals surface area contributed by atoms with Crippen LogP contribution in [-0.2, 0) is 0 Å². The molecular formula is C14H10FNO2. The lowest BCUT2D eigenvalue weighted by Crippen LogP contribution is -1.96. The predicted molar refractivity (Wildman–Crippen MR) is 65.6 cm³/mol. The molecule has 1 aromatic heterocycles. The summed E-state index contributed by atoms with van der Waals surface area (Å²) in [5.74, 6) is -0.928. The molecule has 0 aliphatic heterocycles. The minimum Gasteiger partial charge on any atom is -0.507 e. The van der Waals surface area contributed by atoms with Gasteiger partial charge in [0.15, 0.2) is 5.78 Å². The van der Waals surface area contributed by atoms with Crippen LogP contribution in [0.2, 0.25) is 0 Å². The fourth-order valence-electron chi connectivity index (χ4n) is 1.43. The number of ketones is 1. The molecule has 0 unspecified atom stereocenters. The van der Waals surface area contributed by atoms with Gasteiger partial charge in [-0.15, -0.1) is 0 Å². The van der Waals surface area contributed by atoms with Gasteiger partial charge in [0, 0.05) is 29.6 Å². The molecule has 0 fully saturated rings. The predicted octanol–water partition coefficient (Wildman–Crippen LogP) is 3.00. The van der Waals surface area contributed by atoms with E-state index in [0.29, 0.717) is 11.1 Å². The number of carbonyl (C=O) groups is 1. The Bertz CT molecular complexity index is 577. The molecule has 1 aromatic carbocycles. The van der Waals surface area contributed by atoms with E-state index in [9.17, 15) is 14.3 Å². The van der Waals surface area contributed by atoms with Crippen LogP contribution in [-0.4, -0.2) is 15.9 Å². The normalized spacial score (nSPS) is 11.3. The van der Waals surface area contributed by atoms with Gasteiger partial charge < -0.3 is 5.11 Å². The minimum absolute atomic E-state index is 0.197. The maximum Gasteiger partial charge on any atom is 0.189 e. The number of carbonyl (C=O) groups excluding carboxylic acids is 1. The van der Waals surface area contributed by atoms with Crippen molar-refractivity contribution in [2.75, 3.05) is 0 Å². The number of halogens is 1. The van der Waals surface area contributed by atoms with Crippen molar-refractivity contribution in [3.05, 3.63) is 71.8 Å². The number of aliphatic hydroxyl groups excluding tert-OH is 1.